The number of aryl methyl sites for hydroxylation is 1. The number of benzene rings is 2. The van der Waals surface area contributed by atoms with Gasteiger partial charge in [0.2, 0.25) is 5.91 Å². The van der Waals surface area contributed by atoms with Crippen molar-refractivity contribution in [1.29, 1.82) is 0 Å². The zero-order chi connectivity index (χ0) is 22.2. The Kier molecular flexibility index (Phi) is 8.27. The predicted molar refractivity (Wildman–Crippen MR) is 121 cm³/mol. The van der Waals surface area contributed by atoms with Crippen LogP contribution in [-0.2, 0) is 25.5 Å². The monoisotopic (exact) mass is 441 g/mol. The quantitative estimate of drug-likeness (QED) is 0.416. The Morgan fingerprint density at radius 3 is 2.48 bits per heavy atom. The number of rotatable bonds is 9. The van der Waals surface area contributed by atoms with E-state index in [-0.39, 0.29) is 24.2 Å². The zero-order valence-corrected chi connectivity index (χ0v) is 18.7. The highest BCUT2D eigenvalue weighted by molar-refractivity contribution is 6.30. The fourth-order valence-electron chi connectivity index (χ4n) is 3.88. The fraction of sp³-hybridized carbons (Fsp3) is 0.360. The number of allylic oxidation sites excluding steroid dienone is 1. The van der Waals surface area contributed by atoms with Crippen LogP contribution in [0.4, 0.5) is 0 Å². The van der Waals surface area contributed by atoms with Gasteiger partial charge in [0.05, 0.1) is 18.8 Å². The number of amides is 1. The Morgan fingerprint density at radius 1 is 1.10 bits per heavy atom. The summed E-state index contributed by atoms with van der Waals surface area (Å²) in [5, 5.41) is 0.610. The molecule has 1 aliphatic rings. The van der Waals surface area contributed by atoms with E-state index in [0.29, 0.717) is 36.1 Å². The van der Waals surface area contributed by atoms with E-state index in [1.807, 2.05) is 30.3 Å². The van der Waals surface area contributed by atoms with Crippen LogP contribution in [0.3, 0.4) is 0 Å². The minimum absolute atomic E-state index is 0.0323. The van der Waals surface area contributed by atoms with E-state index in [2.05, 4.69) is 12.1 Å². The zero-order valence-electron chi connectivity index (χ0n) is 18.0. The van der Waals surface area contributed by atoms with Crippen LogP contribution in [0.2, 0.25) is 5.02 Å². The van der Waals surface area contributed by atoms with E-state index in [1.165, 1.54) is 5.56 Å². The maximum absolute atomic E-state index is 13.1. The number of halogens is 1. The number of esters is 1. The highest BCUT2D eigenvalue weighted by Crippen LogP contribution is 2.37. The normalized spacial score (nSPS) is 16.5. The summed E-state index contributed by atoms with van der Waals surface area (Å²) in [6.45, 7) is 2.92. The van der Waals surface area contributed by atoms with Crippen LogP contribution >= 0.6 is 11.6 Å². The lowest BCUT2D eigenvalue weighted by atomic mass is 9.83. The van der Waals surface area contributed by atoms with Gasteiger partial charge < -0.3 is 14.4 Å². The van der Waals surface area contributed by atoms with Gasteiger partial charge in [0.25, 0.3) is 0 Å². The van der Waals surface area contributed by atoms with Gasteiger partial charge in [-0.25, -0.2) is 4.79 Å². The molecule has 0 N–H and O–H groups in total. The van der Waals surface area contributed by atoms with E-state index in [9.17, 15) is 9.59 Å². The average Bonchev–Trinajstić information content (AvgIpc) is 2.77. The molecule has 0 spiro atoms. The van der Waals surface area contributed by atoms with E-state index in [0.717, 1.165) is 18.4 Å². The van der Waals surface area contributed by atoms with Crippen molar-refractivity contribution >= 4 is 23.5 Å². The number of carbonyl (C=O) groups is 2. The molecule has 6 heteroatoms. The van der Waals surface area contributed by atoms with Crippen molar-refractivity contribution in [2.75, 3.05) is 26.9 Å². The second-order valence-corrected chi connectivity index (χ2v) is 8.01. The smallest absolute Gasteiger partial charge is 0.336 e. The maximum atomic E-state index is 13.1. The molecule has 0 radical (unpaired) electrons. The molecule has 0 bridgehead atoms. The minimum atomic E-state index is -0.375. The summed E-state index contributed by atoms with van der Waals surface area (Å²) in [4.78, 5) is 27.5. The third-order valence-corrected chi connectivity index (χ3v) is 5.77. The lowest BCUT2D eigenvalue weighted by Gasteiger charge is -2.34. The SMILES string of the molecule is COCCN1C(=O)CC(c2ccc(Cl)cc2)C(C(=O)OCCCc2ccccc2)=C1C. The van der Waals surface area contributed by atoms with Crippen molar-refractivity contribution in [3.63, 3.8) is 0 Å². The molecule has 2 aromatic rings. The molecule has 2 aromatic carbocycles. The van der Waals surface area contributed by atoms with Gasteiger partial charge in [0.15, 0.2) is 0 Å². The number of methoxy groups -OCH3 is 1. The summed E-state index contributed by atoms with van der Waals surface area (Å²) in [7, 11) is 1.59. The maximum Gasteiger partial charge on any atom is 0.336 e. The molecular weight excluding hydrogens is 414 g/mol. The van der Waals surface area contributed by atoms with Crippen molar-refractivity contribution < 1.29 is 19.1 Å². The Bertz CT molecular complexity index is 924. The molecule has 0 fully saturated rings. The van der Waals surface area contributed by atoms with Crippen LogP contribution in [-0.4, -0.2) is 43.6 Å². The molecule has 3 rings (SSSR count). The number of hydrogen-bond donors (Lipinski definition) is 0. The van der Waals surface area contributed by atoms with Crippen LogP contribution in [0.1, 0.15) is 36.8 Å². The predicted octanol–water partition coefficient (Wildman–Crippen LogP) is 4.75. The number of nitrogens with zero attached hydrogens (tertiary/aromatic N) is 1. The van der Waals surface area contributed by atoms with E-state index >= 15 is 0 Å². The summed E-state index contributed by atoms with van der Waals surface area (Å²) >= 11 is 6.03. The third kappa shape index (κ3) is 5.96. The van der Waals surface area contributed by atoms with Gasteiger partial charge in [-0.1, -0.05) is 54.1 Å². The molecule has 0 aromatic heterocycles. The summed E-state index contributed by atoms with van der Waals surface area (Å²) in [6, 6.07) is 17.4. The van der Waals surface area contributed by atoms with Gasteiger partial charge in [0, 0.05) is 36.7 Å². The van der Waals surface area contributed by atoms with Gasteiger partial charge in [-0.2, -0.15) is 0 Å². The van der Waals surface area contributed by atoms with Gasteiger partial charge >= 0.3 is 5.97 Å². The first-order valence-corrected chi connectivity index (χ1v) is 10.9. The van der Waals surface area contributed by atoms with E-state index in [4.69, 9.17) is 21.1 Å². The lowest BCUT2D eigenvalue weighted by molar-refractivity contribution is -0.140. The van der Waals surface area contributed by atoms with Gasteiger partial charge in [-0.05, 0) is 43.0 Å². The molecule has 164 valence electrons. The summed E-state index contributed by atoms with van der Waals surface area (Å²) in [6.07, 6.45) is 1.78. The van der Waals surface area contributed by atoms with E-state index in [1.54, 1.807) is 31.1 Å². The third-order valence-electron chi connectivity index (χ3n) is 5.52. The first-order valence-electron chi connectivity index (χ1n) is 10.5. The molecule has 1 atom stereocenters. The Balaban J connectivity index is 1.77. The van der Waals surface area contributed by atoms with Gasteiger partial charge in [0.1, 0.15) is 0 Å². The number of carbonyl (C=O) groups excluding carboxylic acids is 2. The second kappa shape index (κ2) is 11.1. The second-order valence-electron chi connectivity index (χ2n) is 7.57. The molecule has 31 heavy (non-hydrogen) atoms. The molecule has 0 aliphatic carbocycles. The fourth-order valence-corrected chi connectivity index (χ4v) is 4.01. The highest BCUT2D eigenvalue weighted by atomic mass is 35.5. The molecule has 1 heterocycles. The number of hydrogen-bond acceptors (Lipinski definition) is 4. The van der Waals surface area contributed by atoms with Crippen molar-refractivity contribution in [3.05, 3.63) is 82.0 Å². The standard InChI is InChI=1S/C25H28ClNO4/c1-18-24(25(29)31-15-6-9-19-7-4-3-5-8-19)22(20-10-12-21(26)13-11-20)17-23(28)27(18)14-16-30-2/h3-5,7-8,10-13,22H,6,9,14-17H2,1-2H3. The minimum Gasteiger partial charge on any atom is -0.462 e. The average molecular weight is 442 g/mol. The molecular formula is C25H28ClNO4. The first-order chi connectivity index (χ1) is 15.0. The highest BCUT2D eigenvalue weighted by Gasteiger charge is 2.36. The number of ether oxygens (including phenoxy) is 2. The van der Waals surface area contributed by atoms with Crippen LogP contribution in [0, 0.1) is 0 Å². The van der Waals surface area contributed by atoms with Crippen LogP contribution in [0.5, 0.6) is 0 Å². The molecule has 5 nitrogen and oxygen atoms in total. The Hall–Kier alpha value is -2.63. The van der Waals surface area contributed by atoms with Crippen molar-refractivity contribution in [2.24, 2.45) is 0 Å². The van der Waals surface area contributed by atoms with Crippen molar-refractivity contribution in [1.82, 2.24) is 4.90 Å². The van der Waals surface area contributed by atoms with Crippen LogP contribution < -0.4 is 0 Å². The lowest BCUT2D eigenvalue weighted by Crippen LogP contribution is -2.40. The molecule has 0 saturated heterocycles. The van der Waals surface area contributed by atoms with Crippen LogP contribution in [0.15, 0.2) is 65.9 Å². The molecule has 0 saturated carbocycles. The summed E-state index contributed by atoms with van der Waals surface area (Å²) in [5.41, 5.74) is 3.24. The first kappa shape index (κ1) is 23.0. The summed E-state index contributed by atoms with van der Waals surface area (Å²) < 4.78 is 10.8. The van der Waals surface area contributed by atoms with Crippen LogP contribution in [0.25, 0.3) is 0 Å². The van der Waals surface area contributed by atoms with Gasteiger partial charge in [-0.3, -0.25) is 4.79 Å². The molecule has 1 aliphatic heterocycles. The Labute approximate surface area is 188 Å². The van der Waals surface area contributed by atoms with Crippen molar-refractivity contribution in [3.8, 4) is 0 Å². The molecule has 1 unspecified atom stereocenters. The largest absolute Gasteiger partial charge is 0.462 e. The topological polar surface area (TPSA) is 55.8 Å². The molecule has 1 amide bonds. The Morgan fingerprint density at radius 2 is 1.81 bits per heavy atom. The van der Waals surface area contributed by atoms with Gasteiger partial charge in [-0.15, -0.1) is 0 Å². The van der Waals surface area contributed by atoms with E-state index < -0.39 is 0 Å². The van der Waals surface area contributed by atoms with Crippen molar-refractivity contribution in [2.45, 2.75) is 32.1 Å². The summed E-state index contributed by atoms with van der Waals surface area (Å²) in [5.74, 6) is -0.763.